The molecule has 6 heteroatoms. The van der Waals surface area contributed by atoms with Crippen LogP contribution in [0.15, 0.2) is 18.2 Å². The maximum Gasteiger partial charge on any atom is 0.335 e. The number of amides is 2. The predicted molar refractivity (Wildman–Crippen MR) is 86.4 cm³/mol. The average Bonchev–Trinajstić information content (AvgIpc) is 2.55. The third-order valence-electron chi connectivity index (χ3n) is 4.17. The Balaban J connectivity index is 2.18. The Kier molecular flexibility index (Phi) is 5.36. The fourth-order valence-electron chi connectivity index (χ4n) is 2.81. The summed E-state index contributed by atoms with van der Waals surface area (Å²) in [7, 11) is 0. The van der Waals surface area contributed by atoms with E-state index >= 15 is 0 Å². The number of nitrogens with one attached hydrogen (secondary N) is 1. The van der Waals surface area contributed by atoms with E-state index < -0.39 is 12.0 Å². The highest BCUT2D eigenvalue weighted by Gasteiger charge is 2.31. The summed E-state index contributed by atoms with van der Waals surface area (Å²) in [6, 6.07) is 4.13. The summed E-state index contributed by atoms with van der Waals surface area (Å²) in [5.41, 5.74) is 1.38. The zero-order valence-electron chi connectivity index (χ0n) is 13.5. The van der Waals surface area contributed by atoms with Crippen LogP contribution >= 0.6 is 0 Å². The van der Waals surface area contributed by atoms with E-state index in [-0.39, 0.29) is 17.4 Å². The molecule has 2 rings (SSSR count). The summed E-state index contributed by atoms with van der Waals surface area (Å²) in [4.78, 5) is 37.3. The first-order valence-corrected chi connectivity index (χ1v) is 7.88. The molecule has 1 unspecified atom stereocenters. The van der Waals surface area contributed by atoms with E-state index in [1.165, 1.54) is 12.1 Å². The first-order valence-electron chi connectivity index (χ1n) is 7.88. The second-order valence-electron chi connectivity index (χ2n) is 5.78. The molecule has 2 amide bonds. The summed E-state index contributed by atoms with van der Waals surface area (Å²) in [5, 5.41) is 11.9. The molecule has 0 spiro atoms. The van der Waals surface area contributed by atoms with Crippen LogP contribution in [0.4, 0.5) is 5.69 Å². The van der Waals surface area contributed by atoms with Gasteiger partial charge in [0, 0.05) is 18.7 Å². The van der Waals surface area contributed by atoms with Crippen molar-refractivity contribution in [2.24, 2.45) is 0 Å². The molecule has 1 aromatic carbocycles. The third kappa shape index (κ3) is 3.88. The van der Waals surface area contributed by atoms with E-state index in [4.69, 9.17) is 5.11 Å². The number of piperidine rings is 1. The number of carbonyl (C=O) groups is 3. The Bertz CT molecular complexity index is 627. The van der Waals surface area contributed by atoms with Gasteiger partial charge in [0.1, 0.15) is 6.04 Å². The number of carbonyl (C=O) groups excluding carboxylic acids is 2. The molecule has 1 aromatic rings. The number of hydrogen-bond donors (Lipinski definition) is 2. The lowest BCUT2D eigenvalue weighted by Gasteiger charge is -2.34. The number of likely N-dealkylation sites (tertiary alicyclic amines) is 1. The zero-order chi connectivity index (χ0) is 17.0. The van der Waals surface area contributed by atoms with Crippen molar-refractivity contribution in [2.75, 3.05) is 11.9 Å². The van der Waals surface area contributed by atoms with Crippen LogP contribution in [0.1, 0.15) is 48.5 Å². The van der Waals surface area contributed by atoms with Gasteiger partial charge in [-0.05, 0) is 43.9 Å². The molecule has 1 atom stereocenters. The largest absolute Gasteiger partial charge is 0.478 e. The van der Waals surface area contributed by atoms with Crippen LogP contribution in [0, 0.1) is 6.92 Å². The van der Waals surface area contributed by atoms with Gasteiger partial charge in [-0.1, -0.05) is 13.0 Å². The van der Waals surface area contributed by atoms with Gasteiger partial charge in [0.25, 0.3) is 0 Å². The van der Waals surface area contributed by atoms with Crippen molar-refractivity contribution in [1.29, 1.82) is 0 Å². The van der Waals surface area contributed by atoms with Gasteiger partial charge in [0.2, 0.25) is 11.8 Å². The van der Waals surface area contributed by atoms with Gasteiger partial charge in [-0.2, -0.15) is 0 Å². The lowest BCUT2D eigenvalue weighted by Crippen LogP contribution is -2.49. The zero-order valence-corrected chi connectivity index (χ0v) is 13.5. The number of aromatic carboxylic acids is 1. The van der Waals surface area contributed by atoms with Crippen molar-refractivity contribution in [3.63, 3.8) is 0 Å². The number of nitrogens with zero attached hydrogens (tertiary/aromatic N) is 1. The minimum absolute atomic E-state index is 0.0270. The van der Waals surface area contributed by atoms with E-state index in [1.807, 2.05) is 0 Å². The second-order valence-corrected chi connectivity index (χ2v) is 5.78. The van der Waals surface area contributed by atoms with Crippen molar-refractivity contribution in [3.05, 3.63) is 29.3 Å². The number of rotatable bonds is 4. The van der Waals surface area contributed by atoms with Crippen LogP contribution < -0.4 is 5.32 Å². The number of carboxylic acid groups (broad SMARTS) is 1. The molecule has 2 N–H and O–H groups in total. The molecule has 0 bridgehead atoms. The van der Waals surface area contributed by atoms with Crippen LogP contribution in [-0.4, -0.2) is 40.4 Å². The minimum Gasteiger partial charge on any atom is -0.478 e. The molecule has 124 valence electrons. The summed E-state index contributed by atoms with van der Waals surface area (Å²) in [6.45, 7) is 4.18. The normalized spacial score (nSPS) is 17.7. The summed E-state index contributed by atoms with van der Waals surface area (Å²) < 4.78 is 0. The first kappa shape index (κ1) is 17.0. The van der Waals surface area contributed by atoms with Crippen LogP contribution in [-0.2, 0) is 9.59 Å². The number of benzene rings is 1. The number of anilines is 1. The summed E-state index contributed by atoms with van der Waals surface area (Å²) in [5.74, 6) is -1.32. The lowest BCUT2D eigenvalue weighted by atomic mass is 10.0. The molecule has 23 heavy (non-hydrogen) atoms. The monoisotopic (exact) mass is 318 g/mol. The van der Waals surface area contributed by atoms with Gasteiger partial charge in [0.15, 0.2) is 0 Å². The van der Waals surface area contributed by atoms with Gasteiger partial charge in [-0.3, -0.25) is 9.59 Å². The van der Waals surface area contributed by atoms with E-state index in [0.717, 1.165) is 18.4 Å². The topological polar surface area (TPSA) is 86.7 Å². The predicted octanol–water partition coefficient (Wildman–Crippen LogP) is 2.42. The fraction of sp³-hybridized carbons (Fsp3) is 0.471. The van der Waals surface area contributed by atoms with Crippen LogP contribution in [0.5, 0.6) is 0 Å². The van der Waals surface area contributed by atoms with E-state index in [0.29, 0.717) is 25.1 Å². The maximum atomic E-state index is 12.6. The van der Waals surface area contributed by atoms with Gasteiger partial charge in [-0.25, -0.2) is 4.79 Å². The Morgan fingerprint density at radius 2 is 2.04 bits per heavy atom. The molecule has 6 nitrogen and oxygen atoms in total. The molecule has 1 heterocycles. The standard InChI is InChI=1S/C17H22N2O4/c1-3-15(20)19-9-5-4-6-14(19)16(21)18-13-10-12(17(22)23)8-7-11(13)2/h7-8,10,14H,3-6,9H2,1-2H3,(H,18,21)(H,22,23). The van der Waals surface area contributed by atoms with Crippen molar-refractivity contribution in [1.82, 2.24) is 4.90 Å². The quantitative estimate of drug-likeness (QED) is 0.892. The Hall–Kier alpha value is -2.37. The lowest BCUT2D eigenvalue weighted by molar-refractivity contribution is -0.140. The van der Waals surface area contributed by atoms with Gasteiger partial charge < -0.3 is 15.3 Å². The van der Waals surface area contributed by atoms with Crippen LogP contribution in [0.3, 0.4) is 0 Å². The SMILES string of the molecule is CCC(=O)N1CCCCC1C(=O)Nc1cc(C(=O)O)ccc1C. The Labute approximate surface area is 135 Å². The molecule has 1 fully saturated rings. The molecule has 0 aliphatic carbocycles. The average molecular weight is 318 g/mol. The third-order valence-corrected chi connectivity index (χ3v) is 4.17. The first-order chi connectivity index (χ1) is 10.9. The van der Waals surface area contributed by atoms with E-state index in [9.17, 15) is 14.4 Å². The molecule has 1 aliphatic heterocycles. The highest BCUT2D eigenvalue weighted by Crippen LogP contribution is 2.22. The highest BCUT2D eigenvalue weighted by atomic mass is 16.4. The van der Waals surface area contributed by atoms with Crippen molar-refractivity contribution < 1.29 is 19.5 Å². The van der Waals surface area contributed by atoms with Gasteiger partial charge >= 0.3 is 5.97 Å². The molecule has 1 saturated heterocycles. The van der Waals surface area contributed by atoms with Gasteiger partial charge in [-0.15, -0.1) is 0 Å². The van der Waals surface area contributed by atoms with Crippen LogP contribution in [0.25, 0.3) is 0 Å². The van der Waals surface area contributed by atoms with Crippen molar-refractivity contribution in [2.45, 2.75) is 45.6 Å². The maximum absolute atomic E-state index is 12.6. The summed E-state index contributed by atoms with van der Waals surface area (Å²) >= 11 is 0. The molecular weight excluding hydrogens is 296 g/mol. The van der Waals surface area contributed by atoms with Gasteiger partial charge in [0.05, 0.1) is 5.56 Å². The Morgan fingerprint density at radius 1 is 1.30 bits per heavy atom. The number of hydrogen-bond acceptors (Lipinski definition) is 3. The fourth-order valence-corrected chi connectivity index (χ4v) is 2.81. The molecule has 0 aromatic heterocycles. The molecule has 0 radical (unpaired) electrons. The van der Waals surface area contributed by atoms with Crippen molar-refractivity contribution in [3.8, 4) is 0 Å². The summed E-state index contributed by atoms with van der Waals surface area (Å²) in [6.07, 6.45) is 2.81. The number of carboxylic acids is 1. The minimum atomic E-state index is -1.04. The molecule has 0 saturated carbocycles. The second kappa shape index (κ2) is 7.26. The van der Waals surface area contributed by atoms with E-state index in [2.05, 4.69) is 5.32 Å². The highest BCUT2D eigenvalue weighted by molar-refractivity contribution is 5.99. The Morgan fingerprint density at radius 3 is 2.70 bits per heavy atom. The number of aryl methyl sites for hydroxylation is 1. The molecular formula is C17H22N2O4. The van der Waals surface area contributed by atoms with E-state index in [1.54, 1.807) is 24.8 Å². The van der Waals surface area contributed by atoms with Crippen molar-refractivity contribution >= 4 is 23.5 Å². The molecule has 1 aliphatic rings. The smallest absolute Gasteiger partial charge is 0.335 e. The van der Waals surface area contributed by atoms with Crippen LogP contribution in [0.2, 0.25) is 0 Å².